The lowest BCUT2D eigenvalue weighted by Gasteiger charge is -2.35. The van der Waals surface area contributed by atoms with Crippen LogP contribution in [0.5, 0.6) is 5.75 Å². The predicted molar refractivity (Wildman–Crippen MR) is 124 cm³/mol. The van der Waals surface area contributed by atoms with Gasteiger partial charge in [-0.15, -0.1) is 0 Å². The summed E-state index contributed by atoms with van der Waals surface area (Å²) >= 11 is 0. The standard InChI is InChI=1S/C25H30N4O3/c1-2-19-11-6-7-13-29(19)14-8-12-26-24(30)21-16-20-23(17-27-21)32-22(25(31)28-20)15-18-9-4-3-5-10-18/h3-5,9-10,15-17,19H,2,6-8,11-14H2,1H3,(H,26,30)(H,28,31). The number of carbonyl (C=O) groups excluding carboxylic acids is 2. The number of pyridine rings is 1. The molecule has 1 aromatic heterocycles. The Balaban J connectivity index is 1.32. The summed E-state index contributed by atoms with van der Waals surface area (Å²) < 4.78 is 5.72. The number of benzene rings is 1. The predicted octanol–water partition coefficient (Wildman–Crippen LogP) is 3.84. The first-order valence-electron chi connectivity index (χ1n) is 11.4. The van der Waals surface area contributed by atoms with Crippen molar-refractivity contribution in [3.63, 3.8) is 0 Å². The minimum Gasteiger partial charge on any atom is -0.448 e. The zero-order valence-electron chi connectivity index (χ0n) is 18.5. The second kappa shape index (κ2) is 10.4. The molecule has 2 aliphatic rings. The molecule has 2 aromatic rings. The van der Waals surface area contributed by atoms with Gasteiger partial charge in [-0.2, -0.15) is 0 Å². The Morgan fingerprint density at radius 2 is 2.16 bits per heavy atom. The molecule has 1 fully saturated rings. The van der Waals surface area contributed by atoms with Gasteiger partial charge in [0.1, 0.15) is 5.69 Å². The van der Waals surface area contributed by atoms with Crippen molar-refractivity contribution in [2.45, 2.75) is 45.1 Å². The molecule has 0 bridgehead atoms. The summed E-state index contributed by atoms with van der Waals surface area (Å²) in [7, 11) is 0. The van der Waals surface area contributed by atoms with E-state index in [9.17, 15) is 9.59 Å². The molecule has 0 aliphatic carbocycles. The van der Waals surface area contributed by atoms with Crippen LogP contribution in [-0.2, 0) is 4.79 Å². The Bertz CT molecular complexity index is 990. The third kappa shape index (κ3) is 5.34. The van der Waals surface area contributed by atoms with Gasteiger partial charge in [-0.05, 0) is 49.9 Å². The number of ether oxygens (including phenoxy) is 1. The van der Waals surface area contributed by atoms with Gasteiger partial charge in [-0.3, -0.25) is 9.59 Å². The molecule has 1 aromatic carbocycles. The number of nitrogens with zero attached hydrogens (tertiary/aromatic N) is 2. The molecule has 32 heavy (non-hydrogen) atoms. The number of carbonyl (C=O) groups is 2. The smallest absolute Gasteiger partial charge is 0.291 e. The number of piperidine rings is 1. The Hall–Kier alpha value is -3.19. The lowest BCUT2D eigenvalue weighted by molar-refractivity contribution is -0.115. The summed E-state index contributed by atoms with van der Waals surface area (Å²) in [6, 6.07) is 11.7. The highest BCUT2D eigenvalue weighted by atomic mass is 16.5. The van der Waals surface area contributed by atoms with Gasteiger partial charge in [0.2, 0.25) is 0 Å². The normalized spacial score (nSPS) is 19.7. The first-order chi connectivity index (χ1) is 15.6. The molecular weight excluding hydrogens is 404 g/mol. The average Bonchev–Trinajstić information content (AvgIpc) is 2.82. The summed E-state index contributed by atoms with van der Waals surface area (Å²) in [5.41, 5.74) is 1.56. The number of aromatic nitrogens is 1. The number of nitrogens with one attached hydrogen (secondary N) is 2. The van der Waals surface area contributed by atoms with Gasteiger partial charge in [0.15, 0.2) is 11.5 Å². The monoisotopic (exact) mass is 434 g/mol. The maximum atomic E-state index is 12.5. The van der Waals surface area contributed by atoms with Gasteiger partial charge in [0.25, 0.3) is 11.8 Å². The second-order valence-electron chi connectivity index (χ2n) is 8.24. The first-order valence-corrected chi connectivity index (χ1v) is 11.4. The summed E-state index contributed by atoms with van der Waals surface area (Å²) in [4.78, 5) is 31.7. The molecule has 1 atom stereocenters. The van der Waals surface area contributed by atoms with Crippen LogP contribution in [0.3, 0.4) is 0 Å². The third-order valence-corrected chi connectivity index (χ3v) is 6.02. The van der Waals surface area contributed by atoms with E-state index in [1.807, 2.05) is 30.3 Å². The van der Waals surface area contributed by atoms with E-state index in [0.29, 0.717) is 24.0 Å². The molecule has 1 saturated heterocycles. The number of likely N-dealkylation sites (tertiary alicyclic amines) is 1. The summed E-state index contributed by atoms with van der Waals surface area (Å²) in [6.45, 7) is 4.99. The molecule has 0 saturated carbocycles. The van der Waals surface area contributed by atoms with E-state index >= 15 is 0 Å². The van der Waals surface area contributed by atoms with E-state index in [-0.39, 0.29) is 23.3 Å². The highest BCUT2D eigenvalue weighted by Crippen LogP contribution is 2.31. The summed E-state index contributed by atoms with van der Waals surface area (Å²) in [6.07, 6.45) is 9.09. The van der Waals surface area contributed by atoms with Crippen LogP contribution >= 0.6 is 0 Å². The Morgan fingerprint density at radius 1 is 1.31 bits per heavy atom. The largest absolute Gasteiger partial charge is 0.448 e. The summed E-state index contributed by atoms with van der Waals surface area (Å²) in [5.74, 6) is -0.00545. The van der Waals surface area contributed by atoms with Crippen molar-refractivity contribution in [1.29, 1.82) is 0 Å². The van der Waals surface area contributed by atoms with Crippen LogP contribution < -0.4 is 15.4 Å². The van der Waals surface area contributed by atoms with E-state index in [0.717, 1.165) is 25.1 Å². The SMILES string of the molecule is CCC1CCCCN1CCCNC(=O)c1cc2c(cn1)OC(=Cc1ccccc1)C(=O)N2. The number of hydrogen-bond acceptors (Lipinski definition) is 5. The lowest BCUT2D eigenvalue weighted by atomic mass is 10.00. The Morgan fingerprint density at radius 3 is 2.97 bits per heavy atom. The zero-order valence-corrected chi connectivity index (χ0v) is 18.5. The molecule has 0 radical (unpaired) electrons. The van der Waals surface area contributed by atoms with E-state index in [4.69, 9.17) is 4.74 Å². The molecule has 1 unspecified atom stereocenters. The van der Waals surface area contributed by atoms with Crippen LogP contribution in [0.1, 0.15) is 55.1 Å². The Labute approximate surface area is 188 Å². The van der Waals surface area contributed by atoms with Crippen LogP contribution in [0.25, 0.3) is 6.08 Å². The molecule has 4 rings (SSSR count). The number of amides is 2. The highest BCUT2D eigenvalue weighted by Gasteiger charge is 2.24. The molecule has 0 spiro atoms. The number of hydrogen-bond donors (Lipinski definition) is 2. The van der Waals surface area contributed by atoms with Gasteiger partial charge in [-0.1, -0.05) is 43.7 Å². The van der Waals surface area contributed by atoms with Crippen molar-refractivity contribution < 1.29 is 14.3 Å². The van der Waals surface area contributed by atoms with Crippen LogP contribution in [0, 0.1) is 0 Å². The van der Waals surface area contributed by atoms with Gasteiger partial charge < -0.3 is 20.3 Å². The molecular formula is C25H30N4O3. The third-order valence-electron chi connectivity index (χ3n) is 6.02. The minimum atomic E-state index is -0.356. The molecule has 7 heteroatoms. The Kier molecular flexibility index (Phi) is 7.17. The van der Waals surface area contributed by atoms with Crippen LogP contribution in [0.2, 0.25) is 0 Å². The van der Waals surface area contributed by atoms with E-state index < -0.39 is 0 Å². The number of rotatable bonds is 7. The highest BCUT2D eigenvalue weighted by molar-refractivity contribution is 6.08. The second-order valence-corrected chi connectivity index (χ2v) is 8.24. The quantitative estimate of drug-likeness (QED) is 0.511. The maximum Gasteiger partial charge on any atom is 0.291 e. The van der Waals surface area contributed by atoms with E-state index in [2.05, 4.69) is 27.4 Å². The topological polar surface area (TPSA) is 83.6 Å². The zero-order chi connectivity index (χ0) is 22.3. The van der Waals surface area contributed by atoms with Gasteiger partial charge in [0.05, 0.1) is 11.9 Å². The fourth-order valence-corrected chi connectivity index (χ4v) is 4.28. The fraction of sp³-hybridized carbons (Fsp3) is 0.400. The maximum absolute atomic E-state index is 12.5. The number of anilines is 1. The van der Waals surface area contributed by atoms with Crippen molar-refractivity contribution >= 4 is 23.6 Å². The minimum absolute atomic E-state index is 0.186. The van der Waals surface area contributed by atoms with E-state index in [1.54, 1.807) is 12.1 Å². The van der Waals surface area contributed by atoms with Crippen LogP contribution in [-0.4, -0.2) is 47.4 Å². The van der Waals surface area contributed by atoms with Gasteiger partial charge >= 0.3 is 0 Å². The molecule has 7 nitrogen and oxygen atoms in total. The summed E-state index contributed by atoms with van der Waals surface area (Å²) in [5, 5.41) is 5.73. The van der Waals surface area contributed by atoms with Crippen molar-refractivity contribution in [3.8, 4) is 5.75 Å². The van der Waals surface area contributed by atoms with Crippen molar-refractivity contribution in [2.75, 3.05) is 25.0 Å². The van der Waals surface area contributed by atoms with Gasteiger partial charge in [-0.25, -0.2) is 4.98 Å². The molecule has 168 valence electrons. The number of fused-ring (bicyclic) bond motifs is 1. The molecule has 2 N–H and O–H groups in total. The van der Waals surface area contributed by atoms with Crippen LogP contribution in [0.4, 0.5) is 5.69 Å². The fourth-order valence-electron chi connectivity index (χ4n) is 4.28. The molecule has 2 aliphatic heterocycles. The average molecular weight is 435 g/mol. The van der Waals surface area contributed by atoms with Crippen molar-refractivity contribution in [2.24, 2.45) is 0 Å². The van der Waals surface area contributed by atoms with Crippen molar-refractivity contribution in [1.82, 2.24) is 15.2 Å². The van der Waals surface area contributed by atoms with Gasteiger partial charge in [0, 0.05) is 19.1 Å². The van der Waals surface area contributed by atoms with Crippen LogP contribution in [0.15, 0.2) is 48.4 Å². The lowest BCUT2D eigenvalue weighted by Crippen LogP contribution is -2.40. The van der Waals surface area contributed by atoms with Crippen molar-refractivity contribution in [3.05, 3.63) is 59.6 Å². The molecule has 3 heterocycles. The first kappa shape index (κ1) is 22.0. The molecule has 2 amide bonds. The van der Waals surface area contributed by atoms with E-state index in [1.165, 1.54) is 31.9 Å².